The molecule has 1 amide bonds. The van der Waals surface area contributed by atoms with Crippen LogP contribution in [0.1, 0.15) is 26.2 Å². The van der Waals surface area contributed by atoms with Gasteiger partial charge in [0.1, 0.15) is 0 Å². The molecule has 2 aliphatic rings. The van der Waals surface area contributed by atoms with Gasteiger partial charge in [-0.05, 0) is 38.3 Å². The van der Waals surface area contributed by atoms with E-state index < -0.39 is 0 Å². The molecule has 0 aromatic heterocycles. The number of thioether (sulfide) groups is 1. The minimum Gasteiger partial charge on any atom is -0.343 e. The summed E-state index contributed by atoms with van der Waals surface area (Å²) >= 11 is 1.84. The molecule has 0 radical (unpaired) electrons. The second-order valence-corrected chi connectivity index (χ2v) is 5.40. The summed E-state index contributed by atoms with van der Waals surface area (Å²) in [7, 11) is 0. The number of hydrogen-bond donors (Lipinski definition) is 2. The van der Waals surface area contributed by atoms with Crippen molar-refractivity contribution >= 4 is 17.7 Å². The lowest BCUT2D eigenvalue weighted by atomic mass is 9.98. The second-order valence-electron chi connectivity index (χ2n) is 4.05. The van der Waals surface area contributed by atoms with Crippen LogP contribution in [0, 0.1) is 5.92 Å². The molecule has 2 heterocycles. The van der Waals surface area contributed by atoms with Crippen LogP contribution in [-0.4, -0.2) is 29.6 Å². The van der Waals surface area contributed by atoms with Crippen molar-refractivity contribution in [2.45, 2.75) is 36.8 Å². The first-order valence-electron chi connectivity index (χ1n) is 5.48. The van der Waals surface area contributed by atoms with Crippen molar-refractivity contribution in [3.63, 3.8) is 0 Å². The van der Waals surface area contributed by atoms with E-state index in [0.29, 0.717) is 11.3 Å². The Balaban J connectivity index is 1.90. The topological polar surface area (TPSA) is 41.1 Å². The van der Waals surface area contributed by atoms with Crippen LogP contribution in [-0.2, 0) is 4.79 Å². The van der Waals surface area contributed by atoms with Gasteiger partial charge in [-0.2, -0.15) is 0 Å². The summed E-state index contributed by atoms with van der Waals surface area (Å²) in [6, 6.07) is 0. The molecule has 0 saturated carbocycles. The quantitative estimate of drug-likeness (QED) is 0.719. The lowest BCUT2D eigenvalue weighted by Crippen LogP contribution is -2.38. The third-order valence-electron chi connectivity index (χ3n) is 3.07. The number of piperidine rings is 1. The Morgan fingerprint density at radius 3 is 2.71 bits per heavy atom. The fraction of sp³-hybridized carbons (Fsp3) is 0.900. The van der Waals surface area contributed by atoms with Crippen molar-refractivity contribution in [3.05, 3.63) is 0 Å². The van der Waals surface area contributed by atoms with Crippen LogP contribution in [0.15, 0.2) is 0 Å². The maximum absolute atomic E-state index is 11.5. The summed E-state index contributed by atoms with van der Waals surface area (Å²) < 4.78 is 0. The molecule has 4 heteroatoms. The molecular weight excluding hydrogens is 196 g/mol. The van der Waals surface area contributed by atoms with E-state index in [-0.39, 0.29) is 11.2 Å². The summed E-state index contributed by atoms with van der Waals surface area (Å²) in [6.45, 7) is 4.30. The zero-order chi connectivity index (χ0) is 9.97. The molecule has 80 valence electrons. The molecule has 2 saturated heterocycles. The van der Waals surface area contributed by atoms with Crippen LogP contribution in [0.25, 0.3) is 0 Å². The summed E-state index contributed by atoms with van der Waals surface area (Å²) in [5.74, 6) is 0.933. The highest BCUT2D eigenvalue weighted by Gasteiger charge is 2.36. The third kappa shape index (κ3) is 2.06. The van der Waals surface area contributed by atoms with Crippen LogP contribution in [0.3, 0.4) is 0 Å². The van der Waals surface area contributed by atoms with Crippen molar-refractivity contribution < 1.29 is 4.79 Å². The van der Waals surface area contributed by atoms with E-state index in [1.807, 2.05) is 11.8 Å². The fourth-order valence-corrected chi connectivity index (χ4v) is 3.58. The number of nitrogens with one attached hydrogen (secondary N) is 2. The summed E-state index contributed by atoms with van der Waals surface area (Å²) in [6.07, 6.45) is 3.36. The first kappa shape index (κ1) is 10.3. The zero-order valence-electron chi connectivity index (χ0n) is 8.58. The van der Waals surface area contributed by atoms with Crippen LogP contribution in [0.2, 0.25) is 0 Å². The Morgan fingerprint density at radius 2 is 2.14 bits per heavy atom. The molecule has 2 rings (SSSR count). The summed E-state index contributed by atoms with van der Waals surface area (Å²) in [4.78, 5) is 11.5. The average Bonchev–Trinajstić information content (AvgIpc) is 2.61. The van der Waals surface area contributed by atoms with Gasteiger partial charge in [0.25, 0.3) is 0 Å². The van der Waals surface area contributed by atoms with Gasteiger partial charge in [-0.1, -0.05) is 6.92 Å². The van der Waals surface area contributed by atoms with Crippen molar-refractivity contribution in [1.29, 1.82) is 0 Å². The minimum atomic E-state index is 0.204. The monoisotopic (exact) mass is 214 g/mol. The molecule has 2 aliphatic heterocycles. The van der Waals surface area contributed by atoms with E-state index >= 15 is 0 Å². The predicted molar refractivity (Wildman–Crippen MR) is 59.2 cm³/mol. The smallest absolute Gasteiger partial charge is 0.234 e. The van der Waals surface area contributed by atoms with Gasteiger partial charge in [0.05, 0.1) is 10.6 Å². The molecule has 2 atom stereocenters. The van der Waals surface area contributed by atoms with Gasteiger partial charge in [0.15, 0.2) is 0 Å². The number of rotatable bonds is 2. The maximum atomic E-state index is 11.5. The average molecular weight is 214 g/mol. The van der Waals surface area contributed by atoms with Crippen molar-refractivity contribution in [2.24, 2.45) is 5.92 Å². The van der Waals surface area contributed by atoms with E-state index in [1.54, 1.807) is 0 Å². The van der Waals surface area contributed by atoms with E-state index in [9.17, 15) is 4.79 Å². The zero-order valence-corrected chi connectivity index (χ0v) is 9.40. The molecule has 2 unspecified atom stereocenters. The molecule has 0 aromatic rings. The van der Waals surface area contributed by atoms with Crippen molar-refractivity contribution in [2.75, 3.05) is 13.1 Å². The van der Waals surface area contributed by atoms with Crippen molar-refractivity contribution in [1.82, 2.24) is 10.6 Å². The Morgan fingerprint density at radius 1 is 1.43 bits per heavy atom. The largest absolute Gasteiger partial charge is 0.343 e. The van der Waals surface area contributed by atoms with Crippen LogP contribution < -0.4 is 10.6 Å². The Kier molecular flexibility index (Phi) is 3.34. The second kappa shape index (κ2) is 4.53. The molecule has 3 nitrogen and oxygen atoms in total. The van der Waals surface area contributed by atoms with E-state index in [2.05, 4.69) is 17.6 Å². The van der Waals surface area contributed by atoms with E-state index in [0.717, 1.165) is 19.5 Å². The van der Waals surface area contributed by atoms with Gasteiger partial charge in [-0.15, -0.1) is 11.8 Å². The number of hydrogen-bond acceptors (Lipinski definition) is 3. The molecule has 0 bridgehead atoms. The Bertz CT molecular complexity index is 216. The molecule has 0 spiro atoms. The normalized spacial score (nSPS) is 34.5. The van der Waals surface area contributed by atoms with Gasteiger partial charge in [0.2, 0.25) is 5.91 Å². The van der Waals surface area contributed by atoms with Gasteiger partial charge < -0.3 is 10.6 Å². The number of carbonyl (C=O) groups is 1. The minimum absolute atomic E-state index is 0.204. The molecule has 2 N–H and O–H groups in total. The third-order valence-corrected chi connectivity index (χ3v) is 4.74. The van der Waals surface area contributed by atoms with Crippen LogP contribution >= 0.6 is 11.8 Å². The number of carbonyl (C=O) groups excluding carboxylic acids is 1. The van der Waals surface area contributed by atoms with Gasteiger partial charge in [0, 0.05) is 0 Å². The first-order valence-corrected chi connectivity index (χ1v) is 6.42. The Hall–Kier alpha value is -0.220. The van der Waals surface area contributed by atoms with Gasteiger partial charge in [-0.3, -0.25) is 4.79 Å². The highest BCUT2D eigenvalue weighted by Crippen LogP contribution is 2.33. The van der Waals surface area contributed by atoms with E-state index in [1.165, 1.54) is 12.8 Å². The van der Waals surface area contributed by atoms with Gasteiger partial charge in [-0.25, -0.2) is 0 Å². The Labute approximate surface area is 89.4 Å². The highest BCUT2D eigenvalue weighted by molar-refractivity contribution is 8.01. The van der Waals surface area contributed by atoms with Crippen molar-refractivity contribution in [3.8, 4) is 0 Å². The lowest BCUT2D eigenvalue weighted by Gasteiger charge is -2.27. The SMILES string of the molecule is CCC1SC(C2CCNCC2)NC1=O. The maximum Gasteiger partial charge on any atom is 0.234 e. The lowest BCUT2D eigenvalue weighted by molar-refractivity contribution is -0.120. The summed E-state index contributed by atoms with van der Waals surface area (Å²) in [5, 5.41) is 7.06. The highest BCUT2D eigenvalue weighted by atomic mass is 32.2. The molecule has 0 aromatic carbocycles. The van der Waals surface area contributed by atoms with Crippen LogP contribution in [0.5, 0.6) is 0 Å². The molecular formula is C10H18N2OS. The molecule has 2 fully saturated rings. The van der Waals surface area contributed by atoms with E-state index in [4.69, 9.17) is 0 Å². The van der Waals surface area contributed by atoms with Gasteiger partial charge >= 0.3 is 0 Å². The molecule has 0 aliphatic carbocycles. The number of amides is 1. The van der Waals surface area contributed by atoms with Crippen LogP contribution in [0.4, 0.5) is 0 Å². The fourth-order valence-electron chi connectivity index (χ4n) is 2.16. The molecule has 14 heavy (non-hydrogen) atoms. The standard InChI is InChI=1S/C10H18N2OS/c1-2-8-9(13)12-10(14-8)7-3-5-11-6-4-7/h7-8,10-11H,2-6H2,1H3,(H,12,13). The summed E-state index contributed by atoms with van der Waals surface area (Å²) in [5.41, 5.74) is 0. The first-order chi connectivity index (χ1) is 6.81. The predicted octanol–water partition coefficient (Wildman–Crippen LogP) is 0.954.